The van der Waals surface area contributed by atoms with E-state index in [0.29, 0.717) is 0 Å². The third-order valence-corrected chi connectivity index (χ3v) is 4.61. The first-order valence-corrected chi connectivity index (χ1v) is 8.38. The number of carbonyl (C=O) groups is 2. The highest BCUT2D eigenvalue weighted by Gasteiger charge is 2.40. The Morgan fingerprint density at radius 3 is 2.56 bits per heavy atom. The fourth-order valence-electron chi connectivity index (χ4n) is 3.22. The van der Waals surface area contributed by atoms with Crippen molar-refractivity contribution in [3.05, 3.63) is 70.3 Å². The molecule has 1 N–H and O–H groups in total. The second kappa shape index (κ2) is 7.86. The summed E-state index contributed by atoms with van der Waals surface area (Å²) < 4.78 is 5.36. The fourth-order valence-corrected chi connectivity index (χ4v) is 3.22. The standard InChI is InChI=1S/C19H18N2O6/c22-18(12-27-15-8-4-7-14(9-15)21(25)26)20-10-16(17(11-20)19(23)24)13-5-2-1-3-6-13/h1-9,16-17H,10-12H2,(H,23,24)/t16-,17-/m1/s1. The average molecular weight is 370 g/mol. The molecule has 1 amide bonds. The summed E-state index contributed by atoms with van der Waals surface area (Å²) in [7, 11) is 0. The van der Waals surface area contributed by atoms with Crippen LogP contribution in [0, 0.1) is 16.0 Å². The Hall–Kier alpha value is -3.42. The molecule has 8 nitrogen and oxygen atoms in total. The van der Waals surface area contributed by atoms with E-state index in [1.54, 1.807) is 0 Å². The van der Waals surface area contributed by atoms with Crippen molar-refractivity contribution in [1.29, 1.82) is 0 Å². The number of carboxylic acids is 1. The van der Waals surface area contributed by atoms with Crippen molar-refractivity contribution in [2.24, 2.45) is 5.92 Å². The molecule has 3 rings (SSSR count). The maximum atomic E-state index is 12.5. The second-order valence-corrected chi connectivity index (χ2v) is 6.30. The van der Waals surface area contributed by atoms with Crippen LogP contribution < -0.4 is 4.74 Å². The number of amides is 1. The second-order valence-electron chi connectivity index (χ2n) is 6.30. The number of nitro benzene ring substituents is 1. The van der Waals surface area contributed by atoms with Crippen LogP contribution in [0.1, 0.15) is 11.5 Å². The highest BCUT2D eigenvalue weighted by atomic mass is 16.6. The lowest BCUT2D eigenvalue weighted by atomic mass is 9.89. The summed E-state index contributed by atoms with van der Waals surface area (Å²) in [5, 5.41) is 20.3. The third-order valence-electron chi connectivity index (χ3n) is 4.61. The first kappa shape index (κ1) is 18.4. The zero-order valence-electron chi connectivity index (χ0n) is 14.4. The van der Waals surface area contributed by atoms with E-state index in [0.717, 1.165) is 5.56 Å². The molecular weight excluding hydrogens is 352 g/mol. The van der Waals surface area contributed by atoms with Crippen molar-refractivity contribution in [1.82, 2.24) is 4.90 Å². The van der Waals surface area contributed by atoms with Gasteiger partial charge in [-0.3, -0.25) is 19.7 Å². The number of nitro groups is 1. The predicted molar refractivity (Wildman–Crippen MR) is 95.5 cm³/mol. The van der Waals surface area contributed by atoms with Gasteiger partial charge in [-0.2, -0.15) is 0 Å². The molecule has 2 atom stereocenters. The average Bonchev–Trinajstić information content (AvgIpc) is 3.13. The first-order valence-electron chi connectivity index (χ1n) is 8.38. The molecule has 1 aliphatic rings. The molecule has 1 aliphatic heterocycles. The molecule has 1 saturated heterocycles. The smallest absolute Gasteiger partial charge is 0.308 e. The topological polar surface area (TPSA) is 110 Å². The lowest BCUT2D eigenvalue weighted by Crippen LogP contribution is -2.33. The minimum Gasteiger partial charge on any atom is -0.484 e. The van der Waals surface area contributed by atoms with Gasteiger partial charge >= 0.3 is 5.97 Å². The van der Waals surface area contributed by atoms with Gasteiger partial charge in [-0.15, -0.1) is 0 Å². The number of likely N-dealkylation sites (tertiary alicyclic amines) is 1. The largest absolute Gasteiger partial charge is 0.484 e. The van der Waals surface area contributed by atoms with Gasteiger partial charge in [0.05, 0.1) is 16.9 Å². The molecule has 0 radical (unpaired) electrons. The number of benzene rings is 2. The Morgan fingerprint density at radius 2 is 1.89 bits per heavy atom. The number of hydrogen-bond acceptors (Lipinski definition) is 5. The Bertz CT molecular complexity index is 854. The number of aliphatic carboxylic acids is 1. The van der Waals surface area contributed by atoms with Gasteiger partial charge in [0, 0.05) is 25.1 Å². The normalized spacial score (nSPS) is 18.9. The summed E-state index contributed by atoms with van der Waals surface area (Å²) in [5.74, 6) is -2.06. The first-order chi connectivity index (χ1) is 13.0. The molecule has 2 aromatic rings. The minimum absolute atomic E-state index is 0.103. The van der Waals surface area contributed by atoms with E-state index < -0.39 is 16.8 Å². The van der Waals surface area contributed by atoms with Crippen LogP contribution in [0.25, 0.3) is 0 Å². The van der Waals surface area contributed by atoms with Gasteiger partial charge in [0.15, 0.2) is 6.61 Å². The van der Waals surface area contributed by atoms with E-state index in [1.807, 2.05) is 30.3 Å². The van der Waals surface area contributed by atoms with Crippen molar-refractivity contribution >= 4 is 17.6 Å². The Morgan fingerprint density at radius 1 is 1.15 bits per heavy atom. The number of carboxylic acid groups (broad SMARTS) is 1. The van der Waals surface area contributed by atoms with Gasteiger partial charge in [-0.1, -0.05) is 36.4 Å². The van der Waals surface area contributed by atoms with Crippen LogP contribution in [-0.4, -0.2) is 46.5 Å². The summed E-state index contributed by atoms with van der Waals surface area (Å²) in [6.45, 7) is 0.0825. The maximum Gasteiger partial charge on any atom is 0.308 e. The molecule has 1 fully saturated rings. The zero-order valence-corrected chi connectivity index (χ0v) is 14.4. The highest BCUT2D eigenvalue weighted by molar-refractivity contribution is 5.80. The molecule has 2 aromatic carbocycles. The summed E-state index contributed by atoms with van der Waals surface area (Å²) in [4.78, 5) is 35.8. The Labute approximate surface area is 155 Å². The SMILES string of the molecule is O=C(O)[C@@H]1CN(C(=O)COc2cccc([N+](=O)[O-])c2)C[C@@H]1c1ccccc1. The lowest BCUT2D eigenvalue weighted by Gasteiger charge is -2.17. The van der Waals surface area contributed by atoms with Crippen molar-refractivity contribution in [2.45, 2.75) is 5.92 Å². The maximum absolute atomic E-state index is 12.5. The summed E-state index contributed by atoms with van der Waals surface area (Å²) in [6.07, 6.45) is 0. The van der Waals surface area contributed by atoms with Gasteiger partial charge < -0.3 is 14.7 Å². The molecule has 140 valence electrons. The number of nitrogens with zero attached hydrogens (tertiary/aromatic N) is 2. The van der Waals surface area contributed by atoms with Gasteiger partial charge in [-0.05, 0) is 11.6 Å². The molecule has 0 aliphatic carbocycles. The fraction of sp³-hybridized carbons (Fsp3) is 0.263. The molecule has 27 heavy (non-hydrogen) atoms. The molecule has 0 saturated carbocycles. The van der Waals surface area contributed by atoms with Crippen LogP contribution in [0.2, 0.25) is 0 Å². The summed E-state index contributed by atoms with van der Waals surface area (Å²) in [5.41, 5.74) is 0.746. The van der Waals surface area contributed by atoms with Crippen molar-refractivity contribution in [2.75, 3.05) is 19.7 Å². The van der Waals surface area contributed by atoms with Gasteiger partial charge in [0.1, 0.15) is 5.75 Å². The van der Waals surface area contributed by atoms with E-state index in [-0.39, 0.29) is 43.0 Å². The quantitative estimate of drug-likeness (QED) is 0.617. The van der Waals surface area contributed by atoms with Crippen LogP contribution >= 0.6 is 0 Å². The van der Waals surface area contributed by atoms with Crippen LogP contribution in [-0.2, 0) is 9.59 Å². The summed E-state index contributed by atoms with van der Waals surface area (Å²) >= 11 is 0. The third kappa shape index (κ3) is 4.22. The van der Waals surface area contributed by atoms with Crippen molar-refractivity contribution in [3.63, 3.8) is 0 Å². The minimum atomic E-state index is -0.946. The number of ether oxygens (including phenoxy) is 1. The number of carbonyl (C=O) groups excluding carboxylic acids is 1. The lowest BCUT2D eigenvalue weighted by molar-refractivity contribution is -0.384. The van der Waals surface area contributed by atoms with Crippen LogP contribution in [0.5, 0.6) is 5.75 Å². The molecule has 0 spiro atoms. The van der Waals surface area contributed by atoms with Gasteiger partial charge in [-0.25, -0.2) is 0 Å². The van der Waals surface area contributed by atoms with E-state index in [2.05, 4.69) is 0 Å². The van der Waals surface area contributed by atoms with E-state index in [4.69, 9.17) is 4.74 Å². The number of hydrogen-bond donors (Lipinski definition) is 1. The van der Waals surface area contributed by atoms with Crippen LogP contribution in [0.3, 0.4) is 0 Å². The molecule has 1 heterocycles. The molecular formula is C19H18N2O6. The Kier molecular flexibility index (Phi) is 5.35. The monoisotopic (exact) mass is 370 g/mol. The zero-order chi connectivity index (χ0) is 19.4. The van der Waals surface area contributed by atoms with E-state index in [1.165, 1.54) is 29.2 Å². The van der Waals surface area contributed by atoms with Crippen LogP contribution in [0.4, 0.5) is 5.69 Å². The molecule has 0 aromatic heterocycles. The molecule has 8 heteroatoms. The number of rotatable bonds is 6. The highest BCUT2D eigenvalue weighted by Crippen LogP contribution is 2.33. The number of non-ortho nitro benzene ring substituents is 1. The molecule has 0 bridgehead atoms. The van der Waals surface area contributed by atoms with Gasteiger partial charge in [0.25, 0.3) is 11.6 Å². The van der Waals surface area contributed by atoms with Crippen molar-refractivity contribution < 1.29 is 24.4 Å². The van der Waals surface area contributed by atoms with E-state index >= 15 is 0 Å². The predicted octanol–water partition coefficient (Wildman–Crippen LogP) is 2.30. The Balaban J connectivity index is 1.66. The summed E-state index contributed by atoms with van der Waals surface area (Å²) in [6, 6.07) is 14.8. The van der Waals surface area contributed by atoms with Crippen LogP contribution in [0.15, 0.2) is 54.6 Å². The van der Waals surface area contributed by atoms with Gasteiger partial charge in [0.2, 0.25) is 0 Å². The van der Waals surface area contributed by atoms with Crippen molar-refractivity contribution in [3.8, 4) is 5.75 Å². The van der Waals surface area contributed by atoms with E-state index in [9.17, 15) is 24.8 Å². The molecule has 0 unspecified atom stereocenters.